The molecule has 0 unspecified atom stereocenters. The summed E-state index contributed by atoms with van der Waals surface area (Å²) >= 11 is 11.7. The fourth-order valence-electron chi connectivity index (χ4n) is 1.29. The van der Waals surface area contributed by atoms with Crippen LogP contribution in [0.2, 0.25) is 0 Å². The molecule has 0 bridgehead atoms. The van der Waals surface area contributed by atoms with Gasteiger partial charge in [0.05, 0.1) is 10.4 Å². The van der Waals surface area contributed by atoms with Crippen LogP contribution >= 0.6 is 35.6 Å². The third-order valence-electron chi connectivity index (χ3n) is 1.97. The molecule has 0 fully saturated rings. The number of alkyl halides is 1. The lowest BCUT2D eigenvalue weighted by Gasteiger charge is -2.05. The summed E-state index contributed by atoms with van der Waals surface area (Å²) in [6, 6.07) is 4.08. The molecule has 0 radical (unpaired) electrons. The second-order valence-electron chi connectivity index (χ2n) is 2.77. The molecule has 0 spiro atoms. The van der Waals surface area contributed by atoms with Crippen molar-refractivity contribution in [2.24, 2.45) is 0 Å². The van der Waals surface area contributed by atoms with E-state index in [9.17, 15) is 0 Å². The standard InChI is InChI=1S/C9H8ClNS2/c10-4-6-3-5-1-2-13-9(5)7(11)8(6)12/h1-3,12H,4,11H2. The van der Waals surface area contributed by atoms with Crippen molar-refractivity contribution in [2.75, 3.05) is 5.73 Å². The van der Waals surface area contributed by atoms with Crippen LogP contribution in [0.1, 0.15) is 5.56 Å². The lowest BCUT2D eigenvalue weighted by Crippen LogP contribution is -1.91. The van der Waals surface area contributed by atoms with Gasteiger partial charge in [-0.3, -0.25) is 0 Å². The van der Waals surface area contributed by atoms with Crippen LogP contribution in [0, 0.1) is 0 Å². The summed E-state index contributed by atoms with van der Waals surface area (Å²) in [5, 5.41) is 3.17. The fraction of sp³-hybridized carbons (Fsp3) is 0.111. The molecule has 2 aromatic rings. The molecule has 1 aromatic carbocycles. The van der Waals surface area contributed by atoms with Crippen LogP contribution in [0.3, 0.4) is 0 Å². The van der Waals surface area contributed by atoms with E-state index in [1.165, 1.54) is 0 Å². The van der Waals surface area contributed by atoms with Gasteiger partial charge in [-0.1, -0.05) is 0 Å². The first-order chi connectivity index (χ1) is 6.24. The van der Waals surface area contributed by atoms with Gasteiger partial charge in [-0.05, 0) is 28.5 Å². The van der Waals surface area contributed by atoms with Crippen molar-refractivity contribution >= 4 is 51.3 Å². The maximum atomic E-state index is 5.91. The van der Waals surface area contributed by atoms with Gasteiger partial charge in [-0.25, -0.2) is 0 Å². The summed E-state index contributed by atoms with van der Waals surface area (Å²) in [6.45, 7) is 0. The highest BCUT2D eigenvalue weighted by molar-refractivity contribution is 7.80. The third kappa shape index (κ3) is 1.41. The molecular formula is C9H8ClNS2. The number of nitrogen functional groups attached to an aromatic ring is 1. The molecule has 1 heterocycles. The summed E-state index contributed by atoms with van der Waals surface area (Å²) in [5.41, 5.74) is 7.65. The van der Waals surface area contributed by atoms with Crippen LogP contribution in [-0.2, 0) is 5.88 Å². The molecule has 0 aliphatic carbocycles. The Kier molecular flexibility index (Phi) is 2.41. The Hall–Kier alpha value is -0.380. The number of anilines is 1. The first-order valence-electron chi connectivity index (χ1n) is 3.77. The van der Waals surface area contributed by atoms with Gasteiger partial charge in [0.1, 0.15) is 0 Å². The highest BCUT2D eigenvalue weighted by Crippen LogP contribution is 2.34. The molecule has 2 N–H and O–H groups in total. The zero-order chi connectivity index (χ0) is 9.42. The summed E-state index contributed by atoms with van der Waals surface area (Å²) in [5.74, 6) is 0.453. The molecule has 13 heavy (non-hydrogen) atoms. The van der Waals surface area contributed by atoms with Crippen molar-refractivity contribution < 1.29 is 0 Å². The maximum absolute atomic E-state index is 5.91. The Morgan fingerprint density at radius 2 is 2.31 bits per heavy atom. The molecule has 0 aliphatic rings. The van der Waals surface area contributed by atoms with Gasteiger partial charge in [-0.2, -0.15) is 0 Å². The van der Waals surface area contributed by atoms with E-state index in [0.29, 0.717) is 5.88 Å². The molecule has 2 rings (SSSR count). The van der Waals surface area contributed by atoms with E-state index in [4.69, 9.17) is 17.3 Å². The van der Waals surface area contributed by atoms with E-state index in [2.05, 4.69) is 12.6 Å². The third-order valence-corrected chi connectivity index (χ3v) is 3.75. The number of thiophene rings is 1. The van der Waals surface area contributed by atoms with Crippen LogP contribution in [0.25, 0.3) is 10.1 Å². The zero-order valence-corrected chi connectivity index (χ0v) is 9.22. The van der Waals surface area contributed by atoms with Crippen LogP contribution in [0.4, 0.5) is 5.69 Å². The number of thiol groups is 1. The summed E-state index contributed by atoms with van der Waals surface area (Å²) in [4.78, 5) is 0.810. The smallest absolute Gasteiger partial charge is 0.0634 e. The van der Waals surface area contributed by atoms with E-state index >= 15 is 0 Å². The second-order valence-corrected chi connectivity index (χ2v) is 4.40. The Bertz CT molecular complexity index is 450. The minimum absolute atomic E-state index is 0.453. The average Bonchev–Trinajstić information content (AvgIpc) is 2.59. The van der Waals surface area contributed by atoms with Gasteiger partial charge >= 0.3 is 0 Å². The first-order valence-corrected chi connectivity index (χ1v) is 5.63. The molecule has 4 heteroatoms. The van der Waals surface area contributed by atoms with Crippen molar-refractivity contribution in [1.29, 1.82) is 0 Å². The Balaban J connectivity index is 2.83. The van der Waals surface area contributed by atoms with Gasteiger partial charge in [0.25, 0.3) is 0 Å². The molecular weight excluding hydrogens is 222 g/mol. The number of rotatable bonds is 1. The predicted molar refractivity (Wildman–Crippen MR) is 63.0 cm³/mol. The molecule has 1 aromatic heterocycles. The number of hydrogen-bond acceptors (Lipinski definition) is 3. The minimum Gasteiger partial charge on any atom is -0.397 e. The van der Waals surface area contributed by atoms with E-state index < -0.39 is 0 Å². The van der Waals surface area contributed by atoms with Crippen molar-refractivity contribution in [3.63, 3.8) is 0 Å². The molecule has 0 amide bonds. The highest BCUT2D eigenvalue weighted by atomic mass is 35.5. The Morgan fingerprint density at radius 1 is 1.54 bits per heavy atom. The van der Waals surface area contributed by atoms with E-state index in [1.54, 1.807) is 11.3 Å². The highest BCUT2D eigenvalue weighted by Gasteiger charge is 2.07. The van der Waals surface area contributed by atoms with Crippen molar-refractivity contribution in [2.45, 2.75) is 10.8 Å². The van der Waals surface area contributed by atoms with Crippen molar-refractivity contribution in [3.05, 3.63) is 23.1 Å². The van der Waals surface area contributed by atoms with Crippen LogP contribution in [-0.4, -0.2) is 0 Å². The summed E-state index contributed by atoms with van der Waals surface area (Å²) in [6.07, 6.45) is 0. The minimum atomic E-state index is 0.453. The normalized spacial score (nSPS) is 10.9. The number of halogens is 1. The molecule has 0 saturated carbocycles. The lowest BCUT2D eigenvalue weighted by molar-refractivity contribution is 1.30. The number of hydrogen-bond donors (Lipinski definition) is 2. The Labute approximate surface area is 90.9 Å². The van der Waals surface area contributed by atoms with Gasteiger partial charge in [0.2, 0.25) is 0 Å². The molecule has 0 saturated heterocycles. The average molecular weight is 230 g/mol. The Morgan fingerprint density at radius 3 is 3.00 bits per heavy atom. The van der Waals surface area contributed by atoms with Crippen molar-refractivity contribution in [1.82, 2.24) is 0 Å². The van der Waals surface area contributed by atoms with Crippen LogP contribution in [0.5, 0.6) is 0 Å². The second kappa shape index (κ2) is 3.40. The largest absolute Gasteiger partial charge is 0.397 e. The predicted octanol–water partition coefficient (Wildman–Crippen LogP) is 3.51. The van der Waals surface area contributed by atoms with E-state index in [-0.39, 0.29) is 0 Å². The molecule has 1 nitrogen and oxygen atoms in total. The van der Waals surface area contributed by atoms with Gasteiger partial charge in [-0.15, -0.1) is 35.6 Å². The lowest BCUT2D eigenvalue weighted by atomic mass is 10.1. The quantitative estimate of drug-likeness (QED) is 0.437. The topological polar surface area (TPSA) is 26.0 Å². The molecule has 0 aliphatic heterocycles. The monoisotopic (exact) mass is 229 g/mol. The first kappa shape index (κ1) is 9.19. The molecule has 68 valence electrons. The van der Waals surface area contributed by atoms with Crippen molar-refractivity contribution in [3.8, 4) is 0 Å². The number of fused-ring (bicyclic) bond motifs is 1. The van der Waals surface area contributed by atoms with Gasteiger partial charge in [0.15, 0.2) is 0 Å². The number of nitrogens with two attached hydrogens (primary N) is 1. The van der Waals surface area contributed by atoms with E-state index in [1.807, 2.05) is 17.5 Å². The van der Waals surface area contributed by atoms with Crippen LogP contribution < -0.4 is 5.73 Å². The molecule has 0 atom stereocenters. The zero-order valence-electron chi connectivity index (χ0n) is 6.75. The van der Waals surface area contributed by atoms with Crippen LogP contribution in [0.15, 0.2) is 22.4 Å². The maximum Gasteiger partial charge on any atom is 0.0634 e. The summed E-state index contributed by atoms with van der Waals surface area (Å²) < 4.78 is 1.10. The number of benzene rings is 1. The van der Waals surface area contributed by atoms with Gasteiger partial charge in [0, 0.05) is 10.8 Å². The fourth-order valence-corrected chi connectivity index (χ4v) is 2.77. The SMILES string of the molecule is Nc1c(S)c(CCl)cc2ccsc12. The summed E-state index contributed by atoms with van der Waals surface area (Å²) in [7, 11) is 0. The van der Waals surface area contributed by atoms with Gasteiger partial charge < -0.3 is 5.73 Å². The van der Waals surface area contributed by atoms with E-state index in [0.717, 1.165) is 26.2 Å².